The number of hydrogen-bond acceptors (Lipinski definition) is 7. The number of sulfonamides is 1. The second-order valence-corrected chi connectivity index (χ2v) is 8.62. The van der Waals surface area contributed by atoms with Gasteiger partial charge < -0.3 is 10.1 Å². The molecule has 0 saturated heterocycles. The van der Waals surface area contributed by atoms with Gasteiger partial charge >= 0.3 is 0 Å². The number of nitro groups is 1. The van der Waals surface area contributed by atoms with Crippen molar-refractivity contribution in [3.8, 4) is 5.75 Å². The minimum atomic E-state index is -3.97. The van der Waals surface area contributed by atoms with E-state index < -0.39 is 33.0 Å². The quantitative estimate of drug-likeness (QED) is 0.378. The number of carbonyl (C=O) groups is 1. The molecule has 0 unspecified atom stereocenters. The second kappa shape index (κ2) is 9.53. The number of nitrogens with zero attached hydrogens (tertiary/aromatic N) is 2. The van der Waals surface area contributed by atoms with Crippen LogP contribution in [0.3, 0.4) is 0 Å². The zero-order chi connectivity index (χ0) is 24.2. The molecule has 2 N–H and O–H groups in total. The SMILES string of the molecule is COc1ccc(NS(=O)(=O)c2cc(NC(=O)Cn3cc([N+](=O)[O-])ccc3=O)ccc2C)cc1. The molecular formula is C21H20N4O7S. The molecule has 0 saturated carbocycles. The van der Waals surface area contributed by atoms with Gasteiger partial charge in [-0.15, -0.1) is 0 Å². The van der Waals surface area contributed by atoms with Crippen molar-refractivity contribution in [1.82, 2.24) is 4.57 Å². The Labute approximate surface area is 188 Å². The van der Waals surface area contributed by atoms with Crippen molar-refractivity contribution in [2.75, 3.05) is 17.1 Å². The lowest BCUT2D eigenvalue weighted by Gasteiger charge is -2.13. The van der Waals surface area contributed by atoms with Crippen molar-refractivity contribution in [3.63, 3.8) is 0 Å². The van der Waals surface area contributed by atoms with E-state index in [2.05, 4.69) is 10.0 Å². The zero-order valence-corrected chi connectivity index (χ0v) is 18.5. The number of amides is 1. The Hall–Kier alpha value is -4.19. The molecule has 1 heterocycles. The summed E-state index contributed by atoms with van der Waals surface area (Å²) in [7, 11) is -2.48. The molecule has 33 heavy (non-hydrogen) atoms. The molecule has 0 fully saturated rings. The molecule has 0 spiro atoms. The highest BCUT2D eigenvalue weighted by molar-refractivity contribution is 7.92. The average Bonchev–Trinajstić information content (AvgIpc) is 2.76. The Kier molecular flexibility index (Phi) is 6.78. The van der Waals surface area contributed by atoms with Gasteiger partial charge in [0.1, 0.15) is 12.3 Å². The summed E-state index contributed by atoms with van der Waals surface area (Å²) in [6, 6.07) is 12.7. The maximum Gasteiger partial charge on any atom is 0.285 e. The first-order valence-corrected chi connectivity index (χ1v) is 11.0. The van der Waals surface area contributed by atoms with E-state index in [0.717, 1.165) is 22.9 Å². The number of rotatable bonds is 8. The molecule has 0 radical (unpaired) electrons. The number of benzene rings is 2. The maximum absolute atomic E-state index is 12.9. The molecule has 1 aromatic heterocycles. The van der Waals surface area contributed by atoms with Gasteiger partial charge in [-0.2, -0.15) is 0 Å². The molecule has 1 amide bonds. The van der Waals surface area contributed by atoms with E-state index in [9.17, 15) is 28.1 Å². The predicted molar refractivity (Wildman–Crippen MR) is 121 cm³/mol. The Morgan fingerprint density at radius 3 is 2.39 bits per heavy atom. The Morgan fingerprint density at radius 1 is 1.09 bits per heavy atom. The molecule has 172 valence electrons. The summed E-state index contributed by atoms with van der Waals surface area (Å²) < 4.78 is 34.2. The highest BCUT2D eigenvalue weighted by atomic mass is 32.2. The fourth-order valence-electron chi connectivity index (χ4n) is 2.94. The number of ether oxygens (including phenoxy) is 1. The van der Waals surface area contributed by atoms with E-state index in [-0.39, 0.29) is 16.3 Å². The normalized spacial score (nSPS) is 11.0. The minimum absolute atomic E-state index is 0.0522. The van der Waals surface area contributed by atoms with Crippen LogP contribution in [-0.2, 0) is 21.4 Å². The van der Waals surface area contributed by atoms with Crippen molar-refractivity contribution in [2.45, 2.75) is 18.4 Å². The van der Waals surface area contributed by atoms with Crippen LogP contribution in [0.2, 0.25) is 0 Å². The third-order valence-corrected chi connectivity index (χ3v) is 6.12. The summed E-state index contributed by atoms with van der Waals surface area (Å²) in [6.45, 7) is 1.12. The molecule has 3 rings (SSSR count). The first-order chi connectivity index (χ1) is 15.6. The standard InChI is InChI=1S/C21H20N4O7S/c1-14-3-4-16(22-20(26)13-24-12-17(25(28)29)7-10-21(24)27)11-19(14)33(30,31)23-15-5-8-18(32-2)9-6-15/h3-12,23H,13H2,1-2H3,(H,22,26). The van der Waals surface area contributed by atoms with Gasteiger partial charge in [0.2, 0.25) is 5.91 Å². The van der Waals surface area contributed by atoms with E-state index in [0.29, 0.717) is 17.0 Å². The topological polar surface area (TPSA) is 150 Å². The van der Waals surface area contributed by atoms with Gasteiger partial charge in [-0.25, -0.2) is 8.42 Å². The van der Waals surface area contributed by atoms with E-state index in [4.69, 9.17) is 4.74 Å². The van der Waals surface area contributed by atoms with E-state index in [1.807, 2.05) is 0 Å². The lowest BCUT2D eigenvalue weighted by atomic mass is 10.2. The lowest BCUT2D eigenvalue weighted by molar-refractivity contribution is -0.385. The fraction of sp³-hybridized carbons (Fsp3) is 0.143. The van der Waals surface area contributed by atoms with Gasteiger partial charge in [-0.1, -0.05) is 6.07 Å². The first-order valence-electron chi connectivity index (χ1n) is 9.51. The maximum atomic E-state index is 12.9. The van der Waals surface area contributed by atoms with Gasteiger partial charge in [-0.3, -0.25) is 29.0 Å². The van der Waals surface area contributed by atoms with Crippen LogP contribution >= 0.6 is 0 Å². The number of anilines is 2. The number of nitrogens with one attached hydrogen (secondary N) is 2. The largest absolute Gasteiger partial charge is 0.497 e. The summed E-state index contributed by atoms with van der Waals surface area (Å²) in [4.78, 5) is 34.4. The predicted octanol–water partition coefficient (Wildman–Crippen LogP) is 2.51. The molecular weight excluding hydrogens is 452 g/mol. The molecule has 0 aliphatic rings. The lowest BCUT2D eigenvalue weighted by Crippen LogP contribution is -2.27. The summed E-state index contributed by atoms with van der Waals surface area (Å²) in [5.41, 5.74) is 0.0279. The van der Waals surface area contributed by atoms with Gasteiger partial charge in [0.05, 0.1) is 23.1 Å². The van der Waals surface area contributed by atoms with Crippen LogP contribution in [0.4, 0.5) is 17.1 Å². The molecule has 0 aliphatic heterocycles. The van der Waals surface area contributed by atoms with Crippen molar-refractivity contribution < 1.29 is 22.9 Å². The summed E-state index contributed by atoms with van der Waals surface area (Å²) in [5, 5.41) is 13.4. The summed E-state index contributed by atoms with van der Waals surface area (Å²) >= 11 is 0. The Morgan fingerprint density at radius 2 is 1.76 bits per heavy atom. The van der Waals surface area contributed by atoms with Crippen LogP contribution in [0.15, 0.2) is 70.5 Å². The third kappa shape index (κ3) is 5.74. The van der Waals surface area contributed by atoms with E-state index >= 15 is 0 Å². The summed E-state index contributed by atoms with van der Waals surface area (Å²) in [5.74, 6) is -0.0883. The van der Waals surface area contributed by atoms with Crippen molar-refractivity contribution >= 4 is 33.0 Å². The van der Waals surface area contributed by atoms with Crippen LogP contribution < -0.4 is 20.3 Å². The Balaban J connectivity index is 1.79. The molecule has 0 bridgehead atoms. The van der Waals surface area contributed by atoms with Gasteiger partial charge in [0, 0.05) is 23.5 Å². The molecule has 2 aromatic carbocycles. The zero-order valence-electron chi connectivity index (χ0n) is 17.6. The van der Waals surface area contributed by atoms with Crippen molar-refractivity contribution in [2.24, 2.45) is 0 Å². The van der Waals surface area contributed by atoms with Gasteiger partial charge in [-0.05, 0) is 48.9 Å². The minimum Gasteiger partial charge on any atom is -0.497 e. The van der Waals surface area contributed by atoms with Crippen LogP contribution in [0.1, 0.15) is 5.56 Å². The number of aryl methyl sites for hydroxylation is 1. The number of carbonyl (C=O) groups excluding carboxylic acids is 1. The number of hydrogen-bond donors (Lipinski definition) is 2. The molecule has 0 atom stereocenters. The highest BCUT2D eigenvalue weighted by Gasteiger charge is 2.19. The van der Waals surface area contributed by atoms with Crippen LogP contribution in [0.25, 0.3) is 0 Å². The first kappa shape index (κ1) is 23.5. The number of methoxy groups -OCH3 is 1. The number of aromatic nitrogens is 1. The fourth-order valence-corrected chi connectivity index (χ4v) is 4.27. The monoisotopic (exact) mass is 472 g/mol. The van der Waals surface area contributed by atoms with E-state index in [1.165, 1.54) is 25.3 Å². The molecule has 0 aliphatic carbocycles. The van der Waals surface area contributed by atoms with Crippen molar-refractivity contribution in [3.05, 3.63) is 86.8 Å². The third-order valence-electron chi connectivity index (χ3n) is 4.60. The van der Waals surface area contributed by atoms with Crippen LogP contribution in [0, 0.1) is 17.0 Å². The molecule has 11 nitrogen and oxygen atoms in total. The summed E-state index contributed by atoms with van der Waals surface area (Å²) in [6.07, 6.45) is 0.964. The van der Waals surface area contributed by atoms with Crippen LogP contribution in [0.5, 0.6) is 5.75 Å². The van der Waals surface area contributed by atoms with Crippen LogP contribution in [-0.4, -0.2) is 30.9 Å². The van der Waals surface area contributed by atoms with Gasteiger partial charge in [0.15, 0.2) is 0 Å². The number of pyridine rings is 1. The van der Waals surface area contributed by atoms with Gasteiger partial charge in [0.25, 0.3) is 21.3 Å². The Bertz CT molecular complexity index is 1370. The highest BCUT2D eigenvalue weighted by Crippen LogP contribution is 2.24. The van der Waals surface area contributed by atoms with E-state index in [1.54, 1.807) is 31.2 Å². The second-order valence-electron chi connectivity index (χ2n) is 6.97. The molecule has 3 aromatic rings. The smallest absolute Gasteiger partial charge is 0.285 e. The average molecular weight is 472 g/mol. The molecule has 12 heteroatoms. The van der Waals surface area contributed by atoms with Crippen molar-refractivity contribution in [1.29, 1.82) is 0 Å².